The van der Waals surface area contributed by atoms with Gasteiger partial charge in [0.1, 0.15) is 5.75 Å². The van der Waals surface area contributed by atoms with Crippen molar-refractivity contribution < 1.29 is 18.8 Å². The number of ether oxygens (including phenoxy) is 1. The lowest BCUT2D eigenvalue weighted by atomic mass is 9.77. The Bertz CT molecular complexity index is 582. The van der Waals surface area contributed by atoms with Crippen LogP contribution in [0.5, 0.6) is 5.75 Å². The Kier molecular flexibility index (Phi) is 4.78. The molecule has 0 aliphatic carbocycles. The van der Waals surface area contributed by atoms with Gasteiger partial charge >= 0.3 is 7.12 Å². The second kappa shape index (κ2) is 6.17. The van der Waals surface area contributed by atoms with Crippen LogP contribution >= 0.6 is 0 Å². The molecule has 0 N–H and O–H groups in total. The van der Waals surface area contributed by atoms with E-state index in [0.29, 0.717) is 12.2 Å². The van der Waals surface area contributed by atoms with E-state index in [9.17, 15) is 4.79 Å². The first-order valence-electron chi connectivity index (χ1n) is 7.80. The number of rotatable bonds is 4. The number of amides is 1. The summed E-state index contributed by atoms with van der Waals surface area (Å²) in [6.45, 7) is 8.05. The van der Waals surface area contributed by atoms with Gasteiger partial charge in [-0.2, -0.15) is 0 Å². The molecule has 0 atom stereocenters. The smallest absolute Gasteiger partial charge is 0.497 e. The van der Waals surface area contributed by atoms with Crippen molar-refractivity contribution in [2.45, 2.75) is 45.3 Å². The molecule has 1 amide bonds. The van der Waals surface area contributed by atoms with Crippen LogP contribution in [0.1, 0.15) is 33.3 Å². The average Bonchev–Trinajstić information content (AvgIpc) is 2.67. The van der Waals surface area contributed by atoms with E-state index in [-0.39, 0.29) is 5.91 Å². The minimum absolute atomic E-state index is 0.0510. The molecular weight excluding hydrogens is 293 g/mol. The fourth-order valence-corrected chi connectivity index (χ4v) is 2.38. The number of methoxy groups -OCH3 is 1. The van der Waals surface area contributed by atoms with Gasteiger partial charge in [-0.05, 0) is 39.3 Å². The van der Waals surface area contributed by atoms with Gasteiger partial charge in [0.2, 0.25) is 5.91 Å². The zero-order valence-electron chi connectivity index (χ0n) is 15.1. The van der Waals surface area contributed by atoms with E-state index < -0.39 is 18.3 Å². The number of hydrogen-bond acceptors (Lipinski definition) is 4. The maximum atomic E-state index is 11.9. The standard InChI is InChI=1S/C17H26BNO4/c1-16(2)17(3,4)23-18(22-16)13-10-12(8-9-14(13)21-7)11-15(20)19(5)6/h8-10H,11H2,1-7H3. The van der Waals surface area contributed by atoms with Gasteiger partial charge in [0, 0.05) is 19.6 Å². The Balaban J connectivity index is 2.32. The van der Waals surface area contributed by atoms with Crippen molar-refractivity contribution in [2.75, 3.05) is 21.2 Å². The highest BCUT2D eigenvalue weighted by Crippen LogP contribution is 2.37. The second-order valence-corrected chi connectivity index (χ2v) is 7.13. The van der Waals surface area contributed by atoms with E-state index in [4.69, 9.17) is 14.0 Å². The Hall–Kier alpha value is -1.53. The highest BCUT2D eigenvalue weighted by atomic mass is 16.7. The molecule has 2 rings (SSSR count). The van der Waals surface area contributed by atoms with Gasteiger partial charge in [-0.1, -0.05) is 12.1 Å². The summed E-state index contributed by atoms with van der Waals surface area (Å²) >= 11 is 0. The molecule has 0 spiro atoms. The third kappa shape index (κ3) is 3.53. The number of carbonyl (C=O) groups excluding carboxylic acids is 1. The lowest BCUT2D eigenvalue weighted by molar-refractivity contribution is -0.127. The lowest BCUT2D eigenvalue weighted by Crippen LogP contribution is -2.41. The Morgan fingerprint density at radius 3 is 2.22 bits per heavy atom. The fourth-order valence-electron chi connectivity index (χ4n) is 2.38. The SMILES string of the molecule is COc1ccc(CC(=O)N(C)C)cc1B1OC(C)(C)C(C)(C)O1. The molecule has 126 valence electrons. The van der Waals surface area contributed by atoms with Crippen molar-refractivity contribution in [2.24, 2.45) is 0 Å². The molecule has 5 nitrogen and oxygen atoms in total. The third-order valence-electron chi connectivity index (χ3n) is 4.66. The minimum atomic E-state index is -0.510. The van der Waals surface area contributed by atoms with Crippen molar-refractivity contribution in [1.82, 2.24) is 4.90 Å². The van der Waals surface area contributed by atoms with E-state index in [2.05, 4.69) is 0 Å². The molecule has 1 aromatic rings. The Morgan fingerprint density at radius 2 is 1.74 bits per heavy atom. The molecule has 1 saturated heterocycles. The first kappa shape index (κ1) is 17.8. The summed E-state index contributed by atoms with van der Waals surface area (Å²) in [5.41, 5.74) is 0.889. The predicted molar refractivity (Wildman–Crippen MR) is 91.1 cm³/mol. The first-order chi connectivity index (χ1) is 10.6. The maximum absolute atomic E-state index is 11.9. The zero-order chi connectivity index (χ0) is 17.4. The zero-order valence-corrected chi connectivity index (χ0v) is 15.1. The number of carbonyl (C=O) groups is 1. The highest BCUT2D eigenvalue weighted by Gasteiger charge is 2.52. The third-order valence-corrected chi connectivity index (χ3v) is 4.66. The summed E-state index contributed by atoms with van der Waals surface area (Å²) < 4.78 is 17.7. The number of benzene rings is 1. The number of nitrogens with zero attached hydrogens (tertiary/aromatic N) is 1. The van der Waals surface area contributed by atoms with E-state index in [0.717, 1.165) is 11.0 Å². The molecule has 1 aliphatic heterocycles. The summed E-state index contributed by atoms with van der Waals surface area (Å²) in [5, 5.41) is 0. The van der Waals surface area contributed by atoms with Gasteiger partial charge in [0.25, 0.3) is 0 Å². The number of hydrogen-bond donors (Lipinski definition) is 0. The van der Waals surface area contributed by atoms with Crippen LogP contribution in [0, 0.1) is 0 Å². The maximum Gasteiger partial charge on any atom is 0.498 e. The largest absolute Gasteiger partial charge is 0.498 e. The molecule has 1 heterocycles. The second-order valence-electron chi connectivity index (χ2n) is 7.13. The predicted octanol–water partition coefficient (Wildman–Crippen LogP) is 1.63. The summed E-state index contributed by atoms with van der Waals surface area (Å²) in [6, 6.07) is 5.69. The van der Waals surface area contributed by atoms with E-state index in [1.165, 1.54) is 0 Å². The average molecular weight is 319 g/mol. The topological polar surface area (TPSA) is 48.0 Å². The van der Waals surface area contributed by atoms with Crippen molar-refractivity contribution in [3.8, 4) is 5.75 Å². The molecule has 0 radical (unpaired) electrons. The van der Waals surface area contributed by atoms with Crippen LogP contribution in [0.25, 0.3) is 0 Å². The Labute approximate surface area is 139 Å². The molecule has 1 fully saturated rings. The van der Waals surface area contributed by atoms with Crippen LogP contribution < -0.4 is 10.2 Å². The van der Waals surface area contributed by atoms with Crippen molar-refractivity contribution in [3.05, 3.63) is 23.8 Å². The van der Waals surface area contributed by atoms with Crippen LogP contribution in [-0.4, -0.2) is 50.3 Å². The first-order valence-corrected chi connectivity index (χ1v) is 7.80. The van der Waals surface area contributed by atoms with E-state index >= 15 is 0 Å². The van der Waals surface area contributed by atoms with Gasteiger partial charge in [-0.3, -0.25) is 4.79 Å². The van der Waals surface area contributed by atoms with Crippen LogP contribution in [0.15, 0.2) is 18.2 Å². The summed E-state index contributed by atoms with van der Waals surface area (Å²) in [4.78, 5) is 13.5. The molecule has 0 aromatic heterocycles. The molecule has 23 heavy (non-hydrogen) atoms. The molecular formula is C17H26BNO4. The van der Waals surface area contributed by atoms with E-state index in [1.807, 2.05) is 45.9 Å². The molecule has 1 aromatic carbocycles. The van der Waals surface area contributed by atoms with Crippen molar-refractivity contribution >= 4 is 18.5 Å². The molecule has 0 unspecified atom stereocenters. The van der Waals surface area contributed by atoms with Gasteiger partial charge in [0.15, 0.2) is 0 Å². The van der Waals surface area contributed by atoms with Crippen LogP contribution in [0.4, 0.5) is 0 Å². The number of likely N-dealkylation sites (N-methyl/N-ethyl adjacent to an activating group) is 1. The van der Waals surface area contributed by atoms with Gasteiger partial charge in [0.05, 0.1) is 24.7 Å². The lowest BCUT2D eigenvalue weighted by Gasteiger charge is -2.32. The van der Waals surface area contributed by atoms with E-state index in [1.54, 1.807) is 26.1 Å². The molecule has 0 bridgehead atoms. The van der Waals surface area contributed by atoms with Gasteiger partial charge in [-0.25, -0.2) is 0 Å². The summed E-state index contributed by atoms with van der Waals surface area (Å²) in [5.74, 6) is 0.750. The van der Waals surface area contributed by atoms with Crippen LogP contribution in [0.2, 0.25) is 0 Å². The molecule has 0 saturated carbocycles. The monoisotopic (exact) mass is 319 g/mol. The van der Waals surface area contributed by atoms with Crippen molar-refractivity contribution in [3.63, 3.8) is 0 Å². The summed E-state index contributed by atoms with van der Waals surface area (Å²) in [6.07, 6.45) is 0.337. The molecule has 1 aliphatic rings. The quantitative estimate of drug-likeness (QED) is 0.792. The summed E-state index contributed by atoms with van der Waals surface area (Å²) in [7, 11) is 4.61. The minimum Gasteiger partial charge on any atom is -0.497 e. The normalized spacial score (nSPS) is 18.8. The van der Waals surface area contributed by atoms with Crippen molar-refractivity contribution in [1.29, 1.82) is 0 Å². The van der Waals surface area contributed by atoms with Gasteiger partial charge < -0.3 is 18.9 Å². The fraction of sp³-hybridized carbons (Fsp3) is 0.588. The highest BCUT2D eigenvalue weighted by molar-refractivity contribution is 6.63. The van der Waals surface area contributed by atoms with Gasteiger partial charge in [-0.15, -0.1) is 0 Å². The molecule has 6 heteroatoms. The van der Waals surface area contributed by atoms with Crippen LogP contribution in [0.3, 0.4) is 0 Å². The van der Waals surface area contributed by atoms with Crippen LogP contribution in [-0.2, 0) is 20.5 Å². The Morgan fingerprint density at radius 1 is 1.17 bits per heavy atom.